The molecule has 4 heteroatoms. The summed E-state index contributed by atoms with van der Waals surface area (Å²) in [6.07, 6.45) is 0. The van der Waals surface area contributed by atoms with E-state index in [1.165, 1.54) is 14.2 Å². The minimum Gasteiger partial charge on any atom is -0.502 e. The van der Waals surface area contributed by atoms with Crippen LogP contribution in [0.3, 0.4) is 0 Å². The van der Waals surface area contributed by atoms with Gasteiger partial charge in [0, 0.05) is 12.6 Å². The zero-order valence-electron chi connectivity index (χ0n) is 10.2. The predicted octanol–water partition coefficient (Wildman–Crippen LogP) is 1.91. The van der Waals surface area contributed by atoms with E-state index < -0.39 is 0 Å². The number of benzene rings is 1. The minimum atomic E-state index is 0.0401. The SMILES string of the molecule is COc1cc(CNC(C)C)cc(OC)c1O. The van der Waals surface area contributed by atoms with Gasteiger partial charge in [0.2, 0.25) is 5.75 Å². The molecule has 4 nitrogen and oxygen atoms in total. The second-order valence-electron chi connectivity index (χ2n) is 3.88. The highest BCUT2D eigenvalue weighted by Gasteiger charge is 2.10. The lowest BCUT2D eigenvalue weighted by molar-refractivity contribution is 0.339. The summed E-state index contributed by atoms with van der Waals surface area (Å²) in [5.41, 5.74) is 1.01. The van der Waals surface area contributed by atoms with E-state index in [4.69, 9.17) is 9.47 Å². The maximum Gasteiger partial charge on any atom is 0.200 e. The fraction of sp³-hybridized carbons (Fsp3) is 0.500. The molecule has 0 radical (unpaired) electrons. The summed E-state index contributed by atoms with van der Waals surface area (Å²) < 4.78 is 10.2. The van der Waals surface area contributed by atoms with Crippen LogP contribution in [0.1, 0.15) is 19.4 Å². The summed E-state index contributed by atoms with van der Waals surface area (Å²) in [6, 6.07) is 4.01. The Morgan fingerprint density at radius 2 is 1.69 bits per heavy atom. The van der Waals surface area contributed by atoms with E-state index in [1.807, 2.05) is 0 Å². The van der Waals surface area contributed by atoms with Gasteiger partial charge in [-0.25, -0.2) is 0 Å². The van der Waals surface area contributed by atoms with E-state index in [-0.39, 0.29) is 5.75 Å². The molecule has 0 heterocycles. The number of rotatable bonds is 5. The van der Waals surface area contributed by atoms with Crippen molar-refractivity contribution < 1.29 is 14.6 Å². The van der Waals surface area contributed by atoms with Crippen LogP contribution in [0.4, 0.5) is 0 Å². The van der Waals surface area contributed by atoms with Crippen molar-refractivity contribution in [2.24, 2.45) is 0 Å². The first-order chi connectivity index (χ1) is 7.58. The van der Waals surface area contributed by atoms with Gasteiger partial charge in [-0.05, 0) is 17.7 Å². The Hall–Kier alpha value is -1.42. The van der Waals surface area contributed by atoms with Crippen LogP contribution in [0.2, 0.25) is 0 Å². The van der Waals surface area contributed by atoms with E-state index >= 15 is 0 Å². The zero-order valence-corrected chi connectivity index (χ0v) is 10.2. The number of phenols is 1. The number of phenolic OH excluding ortho intramolecular Hbond substituents is 1. The van der Waals surface area contributed by atoms with Crippen LogP contribution in [0, 0.1) is 0 Å². The molecule has 2 N–H and O–H groups in total. The van der Waals surface area contributed by atoms with Crippen LogP contribution in [0.5, 0.6) is 17.2 Å². The molecule has 0 spiro atoms. The van der Waals surface area contributed by atoms with Gasteiger partial charge in [-0.3, -0.25) is 0 Å². The molecule has 0 aliphatic heterocycles. The average Bonchev–Trinajstić information content (AvgIpc) is 2.27. The van der Waals surface area contributed by atoms with Crippen molar-refractivity contribution in [1.29, 1.82) is 0 Å². The number of nitrogens with one attached hydrogen (secondary N) is 1. The van der Waals surface area contributed by atoms with Gasteiger partial charge in [0.25, 0.3) is 0 Å². The minimum absolute atomic E-state index is 0.0401. The predicted molar refractivity (Wildman–Crippen MR) is 63.2 cm³/mol. The molecule has 1 rings (SSSR count). The molecular weight excluding hydrogens is 206 g/mol. The maximum atomic E-state index is 9.72. The summed E-state index contributed by atoms with van der Waals surface area (Å²) in [6.45, 7) is 4.87. The molecule has 1 aromatic carbocycles. The van der Waals surface area contributed by atoms with Gasteiger partial charge in [-0.2, -0.15) is 0 Å². The lowest BCUT2D eigenvalue weighted by Crippen LogP contribution is -2.21. The molecule has 0 aliphatic rings. The number of hydrogen-bond acceptors (Lipinski definition) is 4. The van der Waals surface area contributed by atoms with Crippen molar-refractivity contribution in [1.82, 2.24) is 5.32 Å². The largest absolute Gasteiger partial charge is 0.502 e. The average molecular weight is 225 g/mol. The summed E-state index contributed by atoms with van der Waals surface area (Å²) >= 11 is 0. The highest BCUT2D eigenvalue weighted by Crippen LogP contribution is 2.36. The lowest BCUT2D eigenvalue weighted by atomic mass is 10.1. The Bertz CT molecular complexity index is 325. The first kappa shape index (κ1) is 12.6. The number of ether oxygens (including phenoxy) is 2. The number of hydrogen-bond donors (Lipinski definition) is 2. The van der Waals surface area contributed by atoms with E-state index in [9.17, 15) is 5.11 Å². The van der Waals surface area contributed by atoms with Crippen molar-refractivity contribution in [3.05, 3.63) is 17.7 Å². The first-order valence-electron chi connectivity index (χ1n) is 5.25. The Morgan fingerprint density at radius 1 is 1.19 bits per heavy atom. The molecule has 16 heavy (non-hydrogen) atoms. The molecule has 0 saturated heterocycles. The standard InChI is InChI=1S/C12H19NO3/c1-8(2)13-7-9-5-10(15-3)12(14)11(6-9)16-4/h5-6,8,13-14H,7H2,1-4H3. The fourth-order valence-electron chi connectivity index (χ4n) is 1.37. The smallest absolute Gasteiger partial charge is 0.200 e. The molecular formula is C12H19NO3. The van der Waals surface area contributed by atoms with Crippen molar-refractivity contribution in [2.75, 3.05) is 14.2 Å². The molecule has 0 amide bonds. The quantitative estimate of drug-likeness (QED) is 0.803. The normalized spacial score (nSPS) is 10.6. The second-order valence-corrected chi connectivity index (χ2v) is 3.88. The van der Waals surface area contributed by atoms with Crippen molar-refractivity contribution >= 4 is 0 Å². The van der Waals surface area contributed by atoms with Crippen LogP contribution in [-0.2, 0) is 6.54 Å². The van der Waals surface area contributed by atoms with Crippen LogP contribution in [0.15, 0.2) is 12.1 Å². The Morgan fingerprint density at radius 3 is 2.06 bits per heavy atom. The molecule has 90 valence electrons. The molecule has 0 aliphatic carbocycles. The van der Waals surface area contributed by atoms with Crippen LogP contribution in [-0.4, -0.2) is 25.4 Å². The fourth-order valence-corrected chi connectivity index (χ4v) is 1.37. The summed E-state index contributed by atoms with van der Waals surface area (Å²) in [5.74, 6) is 0.901. The summed E-state index contributed by atoms with van der Waals surface area (Å²) in [4.78, 5) is 0. The van der Waals surface area contributed by atoms with Gasteiger partial charge in [0.1, 0.15) is 0 Å². The maximum absolute atomic E-state index is 9.72. The Labute approximate surface area is 96.2 Å². The van der Waals surface area contributed by atoms with Crippen molar-refractivity contribution in [3.63, 3.8) is 0 Å². The molecule has 0 unspecified atom stereocenters. The molecule has 0 saturated carbocycles. The summed E-state index contributed by atoms with van der Waals surface area (Å²) in [5, 5.41) is 13.0. The molecule has 0 fully saturated rings. The van der Waals surface area contributed by atoms with Crippen molar-refractivity contribution in [2.45, 2.75) is 26.4 Å². The molecule has 0 bridgehead atoms. The van der Waals surface area contributed by atoms with Crippen molar-refractivity contribution in [3.8, 4) is 17.2 Å². The number of aromatic hydroxyl groups is 1. The second kappa shape index (κ2) is 5.61. The van der Waals surface area contributed by atoms with E-state index in [1.54, 1.807) is 12.1 Å². The number of methoxy groups -OCH3 is 2. The molecule has 0 aromatic heterocycles. The highest BCUT2D eigenvalue weighted by atomic mass is 16.5. The first-order valence-corrected chi connectivity index (χ1v) is 5.25. The van der Waals surface area contributed by atoms with Gasteiger partial charge >= 0.3 is 0 Å². The van der Waals surface area contributed by atoms with Gasteiger partial charge in [0.05, 0.1) is 14.2 Å². The van der Waals surface area contributed by atoms with Gasteiger partial charge in [0.15, 0.2) is 11.5 Å². The lowest BCUT2D eigenvalue weighted by Gasteiger charge is -2.13. The van der Waals surface area contributed by atoms with E-state index in [2.05, 4.69) is 19.2 Å². The van der Waals surface area contributed by atoms with Crippen LogP contribution >= 0.6 is 0 Å². The van der Waals surface area contributed by atoms with Crippen LogP contribution < -0.4 is 14.8 Å². The highest BCUT2D eigenvalue weighted by molar-refractivity contribution is 5.52. The molecule has 0 atom stereocenters. The van der Waals surface area contributed by atoms with Gasteiger partial charge < -0.3 is 19.9 Å². The van der Waals surface area contributed by atoms with E-state index in [0.717, 1.165) is 5.56 Å². The van der Waals surface area contributed by atoms with Gasteiger partial charge in [-0.15, -0.1) is 0 Å². The third-order valence-corrected chi connectivity index (χ3v) is 2.25. The van der Waals surface area contributed by atoms with Gasteiger partial charge in [-0.1, -0.05) is 13.8 Å². The van der Waals surface area contributed by atoms with Crippen LogP contribution in [0.25, 0.3) is 0 Å². The topological polar surface area (TPSA) is 50.7 Å². The Kier molecular flexibility index (Phi) is 4.43. The monoisotopic (exact) mass is 225 g/mol. The molecule has 1 aromatic rings. The zero-order chi connectivity index (χ0) is 12.1. The summed E-state index contributed by atoms with van der Waals surface area (Å²) in [7, 11) is 3.04. The third kappa shape index (κ3) is 3.03. The third-order valence-electron chi connectivity index (χ3n) is 2.25. The van der Waals surface area contributed by atoms with E-state index in [0.29, 0.717) is 24.1 Å². The Balaban J connectivity index is 2.93.